The molecule has 0 heterocycles. The minimum Gasteiger partial charge on any atom is -0.490 e. The van der Waals surface area contributed by atoms with Crippen molar-refractivity contribution in [2.45, 2.75) is 59.4 Å². The lowest BCUT2D eigenvalue weighted by molar-refractivity contribution is -0.123. The van der Waals surface area contributed by atoms with Crippen molar-refractivity contribution in [1.82, 2.24) is 5.32 Å². The van der Waals surface area contributed by atoms with E-state index in [-0.39, 0.29) is 24.3 Å². The van der Waals surface area contributed by atoms with Crippen LogP contribution in [-0.2, 0) is 16.0 Å². The highest BCUT2D eigenvalue weighted by molar-refractivity contribution is 5.78. The lowest BCUT2D eigenvalue weighted by Gasteiger charge is -2.18. The maximum atomic E-state index is 12.4. The van der Waals surface area contributed by atoms with Crippen LogP contribution >= 0.6 is 0 Å². The fourth-order valence-electron chi connectivity index (χ4n) is 3.04. The van der Waals surface area contributed by atoms with E-state index in [0.717, 1.165) is 29.7 Å². The van der Waals surface area contributed by atoms with E-state index in [1.165, 1.54) is 0 Å². The summed E-state index contributed by atoms with van der Waals surface area (Å²) in [5.41, 5.74) is 2.00. The Bertz CT molecular complexity index is 863. The van der Waals surface area contributed by atoms with E-state index in [0.29, 0.717) is 37.6 Å². The van der Waals surface area contributed by atoms with E-state index in [1.54, 1.807) is 6.92 Å². The van der Waals surface area contributed by atoms with Crippen LogP contribution in [0.3, 0.4) is 0 Å². The lowest BCUT2D eigenvalue weighted by Crippen LogP contribution is -2.31. The van der Waals surface area contributed by atoms with Crippen LogP contribution in [0.1, 0.15) is 64.1 Å². The van der Waals surface area contributed by atoms with E-state index in [9.17, 15) is 9.59 Å². The molecule has 0 aliphatic carbocycles. The fourth-order valence-corrected chi connectivity index (χ4v) is 3.04. The molecular weight excluding hydrogens is 406 g/mol. The maximum Gasteiger partial charge on any atom is 0.258 e. The van der Waals surface area contributed by atoms with Gasteiger partial charge in [-0.25, -0.2) is 0 Å². The fraction of sp³-hybridized carbons (Fsp3) is 0.462. The van der Waals surface area contributed by atoms with Crippen LogP contribution in [-0.4, -0.2) is 31.5 Å². The number of hydrogen-bond acceptors (Lipinski definition) is 5. The van der Waals surface area contributed by atoms with Crippen molar-refractivity contribution < 1.29 is 23.8 Å². The van der Waals surface area contributed by atoms with Crippen LogP contribution < -0.4 is 19.5 Å². The van der Waals surface area contributed by atoms with E-state index in [2.05, 4.69) is 19.2 Å². The van der Waals surface area contributed by atoms with Gasteiger partial charge in [-0.2, -0.15) is 0 Å². The normalized spacial score (nSPS) is 11.5. The first kappa shape index (κ1) is 25.2. The molecule has 1 atom stereocenters. The van der Waals surface area contributed by atoms with Gasteiger partial charge in [-0.3, -0.25) is 4.79 Å². The number of carbonyl (C=O) groups is 2. The molecule has 32 heavy (non-hydrogen) atoms. The molecule has 2 aromatic rings. The predicted octanol–water partition coefficient (Wildman–Crippen LogP) is 5.04. The van der Waals surface area contributed by atoms with Gasteiger partial charge in [-0.15, -0.1) is 0 Å². The van der Waals surface area contributed by atoms with Crippen LogP contribution in [0.4, 0.5) is 0 Å². The summed E-state index contributed by atoms with van der Waals surface area (Å²) in [6.07, 6.45) is 3.05. The Hall–Kier alpha value is -3.02. The van der Waals surface area contributed by atoms with E-state index in [1.807, 2.05) is 49.4 Å². The Morgan fingerprint density at radius 3 is 2.19 bits per heavy atom. The molecule has 0 aliphatic rings. The smallest absolute Gasteiger partial charge is 0.258 e. The standard InChI is InChI=1S/C26H35NO5/c1-5-15-30-24-14-11-22(17-25(24)31-16-6-2)20(4)27-26(29)18-32-23-12-9-21(10-13-23)8-7-19(3)28/h9-14,17,20H,5-8,15-16,18H2,1-4H3,(H,27,29). The van der Waals surface area contributed by atoms with Crippen molar-refractivity contribution >= 4 is 11.7 Å². The van der Waals surface area contributed by atoms with Gasteiger partial charge in [0.05, 0.1) is 19.3 Å². The molecule has 1 amide bonds. The molecule has 2 aromatic carbocycles. The largest absolute Gasteiger partial charge is 0.490 e. The maximum absolute atomic E-state index is 12.4. The molecule has 0 radical (unpaired) electrons. The van der Waals surface area contributed by atoms with E-state index >= 15 is 0 Å². The zero-order chi connectivity index (χ0) is 23.3. The Balaban J connectivity index is 1.90. The zero-order valence-electron chi connectivity index (χ0n) is 19.6. The molecule has 1 unspecified atom stereocenters. The van der Waals surface area contributed by atoms with E-state index < -0.39 is 0 Å². The average Bonchev–Trinajstić information content (AvgIpc) is 2.79. The number of benzene rings is 2. The number of Topliss-reactive ketones (excluding diaryl/α,β-unsaturated/α-hetero) is 1. The second kappa shape index (κ2) is 13.4. The minimum atomic E-state index is -0.208. The number of rotatable bonds is 14. The van der Waals surface area contributed by atoms with Gasteiger partial charge < -0.3 is 24.3 Å². The quantitative estimate of drug-likeness (QED) is 0.444. The summed E-state index contributed by atoms with van der Waals surface area (Å²) >= 11 is 0. The molecule has 0 saturated heterocycles. The third-order valence-corrected chi connectivity index (χ3v) is 4.83. The molecule has 6 nitrogen and oxygen atoms in total. The number of nitrogens with one attached hydrogen (secondary N) is 1. The molecule has 0 aromatic heterocycles. The number of carbonyl (C=O) groups excluding carboxylic acids is 2. The number of amides is 1. The van der Waals surface area contributed by atoms with Gasteiger partial charge in [-0.1, -0.05) is 32.0 Å². The van der Waals surface area contributed by atoms with Crippen LogP contribution in [0.15, 0.2) is 42.5 Å². The van der Waals surface area contributed by atoms with Crippen molar-refractivity contribution in [3.8, 4) is 17.2 Å². The van der Waals surface area contributed by atoms with Crippen molar-refractivity contribution in [3.63, 3.8) is 0 Å². The molecule has 2 rings (SSSR count). The molecule has 1 N–H and O–H groups in total. The van der Waals surface area contributed by atoms with Crippen LogP contribution in [0.2, 0.25) is 0 Å². The van der Waals surface area contributed by atoms with Crippen LogP contribution in [0, 0.1) is 0 Å². The highest BCUT2D eigenvalue weighted by atomic mass is 16.5. The summed E-state index contributed by atoms with van der Waals surface area (Å²) in [4.78, 5) is 23.5. The van der Waals surface area contributed by atoms with Crippen molar-refractivity contribution in [2.75, 3.05) is 19.8 Å². The Labute approximate surface area is 191 Å². The van der Waals surface area contributed by atoms with Gasteiger partial charge in [0.15, 0.2) is 18.1 Å². The minimum absolute atomic E-state index is 0.0754. The average molecular weight is 442 g/mol. The first-order valence-electron chi connectivity index (χ1n) is 11.3. The topological polar surface area (TPSA) is 73.9 Å². The summed E-state index contributed by atoms with van der Waals surface area (Å²) in [5, 5.41) is 2.96. The highest BCUT2D eigenvalue weighted by Crippen LogP contribution is 2.31. The van der Waals surface area contributed by atoms with Gasteiger partial charge >= 0.3 is 0 Å². The van der Waals surface area contributed by atoms with Crippen molar-refractivity contribution in [1.29, 1.82) is 0 Å². The Kier molecular flexibility index (Phi) is 10.6. The number of hydrogen-bond donors (Lipinski definition) is 1. The number of aryl methyl sites for hydroxylation is 1. The third kappa shape index (κ3) is 8.61. The summed E-state index contributed by atoms with van der Waals surface area (Å²) in [6.45, 7) is 8.78. The van der Waals surface area contributed by atoms with Gasteiger partial charge in [0.25, 0.3) is 5.91 Å². The molecular formula is C26H35NO5. The van der Waals surface area contributed by atoms with Gasteiger partial charge in [0, 0.05) is 6.42 Å². The van der Waals surface area contributed by atoms with Gasteiger partial charge in [0.1, 0.15) is 11.5 Å². The second-order valence-electron chi connectivity index (χ2n) is 7.83. The highest BCUT2D eigenvalue weighted by Gasteiger charge is 2.14. The lowest BCUT2D eigenvalue weighted by atomic mass is 10.1. The number of ketones is 1. The molecule has 174 valence electrons. The second-order valence-corrected chi connectivity index (χ2v) is 7.83. The van der Waals surface area contributed by atoms with E-state index in [4.69, 9.17) is 14.2 Å². The summed E-state index contributed by atoms with van der Waals surface area (Å²) in [5.74, 6) is 1.99. The third-order valence-electron chi connectivity index (χ3n) is 4.83. The molecule has 0 bridgehead atoms. The van der Waals surface area contributed by atoms with Gasteiger partial charge in [0.2, 0.25) is 0 Å². The first-order chi connectivity index (χ1) is 15.4. The number of ether oxygens (including phenoxy) is 3. The SMILES string of the molecule is CCCOc1ccc(C(C)NC(=O)COc2ccc(CCC(C)=O)cc2)cc1OCCC. The van der Waals surface area contributed by atoms with Crippen LogP contribution in [0.5, 0.6) is 17.2 Å². The Morgan fingerprint density at radius 2 is 1.56 bits per heavy atom. The monoisotopic (exact) mass is 441 g/mol. The summed E-state index contributed by atoms with van der Waals surface area (Å²) in [7, 11) is 0. The molecule has 0 spiro atoms. The van der Waals surface area contributed by atoms with Crippen molar-refractivity contribution in [2.24, 2.45) is 0 Å². The zero-order valence-corrected chi connectivity index (χ0v) is 19.6. The predicted molar refractivity (Wildman–Crippen MR) is 126 cm³/mol. The van der Waals surface area contributed by atoms with Crippen molar-refractivity contribution in [3.05, 3.63) is 53.6 Å². The molecule has 0 saturated carbocycles. The van der Waals surface area contributed by atoms with Gasteiger partial charge in [-0.05, 0) is 68.5 Å². The molecule has 6 heteroatoms. The molecule has 0 aliphatic heterocycles. The summed E-state index contributed by atoms with van der Waals surface area (Å²) in [6, 6.07) is 13.0. The summed E-state index contributed by atoms with van der Waals surface area (Å²) < 4.78 is 17.2. The van der Waals surface area contributed by atoms with Crippen LogP contribution in [0.25, 0.3) is 0 Å². The first-order valence-corrected chi connectivity index (χ1v) is 11.3. The Morgan fingerprint density at radius 1 is 0.906 bits per heavy atom. The molecule has 0 fully saturated rings.